The minimum absolute atomic E-state index is 0.00720. The molecule has 1 unspecified atom stereocenters. The van der Waals surface area contributed by atoms with Gasteiger partial charge in [0, 0.05) is 18.0 Å². The Labute approximate surface area is 124 Å². The van der Waals surface area contributed by atoms with Gasteiger partial charge in [-0.3, -0.25) is 4.79 Å². The maximum atomic E-state index is 12.1. The van der Waals surface area contributed by atoms with Crippen molar-refractivity contribution in [1.29, 1.82) is 0 Å². The van der Waals surface area contributed by atoms with Crippen LogP contribution in [0, 0.1) is 0 Å². The van der Waals surface area contributed by atoms with Crippen molar-refractivity contribution >= 4 is 11.6 Å². The molecule has 1 amide bonds. The first-order valence-corrected chi connectivity index (χ1v) is 6.90. The van der Waals surface area contributed by atoms with Crippen LogP contribution in [-0.4, -0.2) is 11.0 Å². The standard InChI is InChI=1S/C18H19NO2/c1-2-15(16-8-4-3-5-9-16)12-18(21)19-17-10-6-7-14(11-17)13-20/h2-11,15,20H,1,12-13H2,(H,19,21). The highest BCUT2D eigenvalue weighted by atomic mass is 16.3. The molecule has 0 spiro atoms. The second kappa shape index (κ2) is 7.41. The van der Waals surface area contributed by atoms with E-state index in [2.05, 4.69) is 11.9 Å². The highest BCUT2D eigenvalue weighted by molar-refractivity contribution is 5.91. The minimum Gasteiger partial charge on any atom is -0.392 e. The summed E-state index contributed by atoms with van der Waals surface area (Å²) in [4.78, 5) is 12.1. The average molecular weight is 281 g/mol. The number of rotatable bonds is 6. The predicted octanol–water partition coefficient (Wildman–Crippen LogP) is 3.48. The Hall–Kier alpha value is -2.39. The Morgan fingerprint density at radius 3 is 2.62 bits per heavy atom. The van der Waals surface area contributed by atoms with E-state index >= 15 is 0 Å². The van der Waals surface area contributed by atoms with Gasteiger partial charge in [0.25, 0.3) is 0 Å². The average Bonchev–Trinajstić information content (AvgIpc) is 2.53. The Morgan fingerprint density at radius 1 is 1.19 bits per heavy atom. The van der Waals surface area contributed by atoms with Crippen LogP contribution in [0.15, 0.2) is 67.3 Å². The lowest BCUT2D eigenvalue weighted by atomic mass is 9.95. The Morgan fingerprint density at radius 2 is 1.95 bits per heavy atom. The van der Waals surface area contributed by atoms with Gasteiger partial charge in [0.15, 0.2) is 0 Å². The lowest BCUT2D eigenvalue weighted by Crippen LogP contribution is -2.15. The summed E-state index contributed by atoms with van der Waals surface area (Å²) >= 11 is 0. The second-order valence-corrected chi connectivity index (χ2v) is 4.86. The van der Waals surface area contributed by atoms with Crippen molar-refractivity contribution in [3.63, 3.8) is 0 Å². The van der Waals surface area contributed by atoms with Gasteiger partial charge < -0.3 is 10.4 Å². The van der Waals surface area contributed by atoms with Gasteiger partial charge in [-0.25, -0.2) is 0 Å². The van der Waals surface area contributed by atoms with E-state index in [0.717, 1.165) is 11.1 Å². The minimum atomic E-state index is -0.0705. The highest BCUT2D eigenvalue weighted by Gasteiger charge is 2.12. The molecule has 0 saturated heterocycles. The first-order valence-electron chi connectivity index (χ1n) is 6.90. The second-order valence-electron chi connectivity index (χ2n) is 4.86. The van der Waals surface area contributed by atoms with Crippen LogP contribution < -0.4 is 5.32 Å². The summed E-state index contributed by atoms with van der Waals surface area (Å²) < 4.78 is 0. The molecule has 2 rings (SSSR count). The molecule has 2 N–H and O–H groups in total. The zero-order chi connectivity index (χ0) is 15.1. The van der Waals surface area contributed by atoms with Gasteiger partial charge in [-0.05, 0) is 23.3 Å². The molecule has 0 saturated carbocycles. The molecule has 0 aliphatic heterocycles. The zero-order valence-corrected chi connectivity index (χ0v) is 11.8. The van der Waals surface area contributed by atoms with Crippen molar-refractivity contribution < 1.29 is 9.90 Å². The van der Waals surface area contributed by atoms with Crippen LogP contribution in [-0.2, 0) is 11.4 Å². The quantitative estimate of drug-likeness (QED) is 0.796. The molecule has 0 bridgehead atoms. The molecule has 3 heteroatoms. The fourth-order valence-electron chi connectivity index (χ4n) is 2.20. The molecule has 0 aliphatic rings. The van der Waals surface area contributed by atoms with E-state index in [0.29, 0.717) is 12.1 Å². The van der Waals surface area contributed by atoms with Crippen LogP contribution in [0.2, 0.25) is 0 Å². The number of nitrogens with one attached hydrogen (secondary N) is 1. The molecule has 0 heterocycles. The molecule has 0 aromatic heterocycles. The summed E-state index contributed by atoms with van der Waals surface area (Å²) in [5.74, 6) is -0.0777. The Bertz CT molecular complexity index is 608. The normalized spacial score (nSPS) is 11.7. The smallest absolute Gasteiger partial charge is 0.225 e. The van der Waals surface area contributed by atoms with E-state index in [-0.39, 0.29) is 18.4 Å². The molecule has 0 radical (unpaired) electrons. The van der Waals surface area contributed by atoms with Gasteiger partial charge in [-0.2, -0.15) is 0 Å². The Kier molecular flexibility index (Phi) is 5.29. The van der Waals surface area contributed by atoms with Crippen LogP contribution in [0.25, 0.3) is 0 Å². The number of amides is 1. The molecule has 108 valence electrons. The fourth-order valence-corrected chi connectivity index (χ4v) is 2.20. The SMILES string of the molecule is C=CC(CC(=O)Nc1cccc(CO)c1)c1ccccc1. The van der Waals surface area contributed by atoms with Crippen LogP contribution in [0.5, 0.6) is 0 Å². The van der Waals surface area contributed by atoms with Gasteiger partial charge >= 0.3 is 0 Å². The summed E-state index contributed by atoms with van der Waals surface area (Å²) in [7, 11) is 0. The molecule has 21 heavy (non-hydrogen) atoms. The first-order chi connectivity index (χ1) is 10.2. The van der Waals surface area contributed by atoms with Crippen molar-refractivity contribution in [3.05, 3.63) is 78.4 Å². The lowest BCUT2D eigenvalue weighted by molar-refractivity contribution is -0.116. The number of aliphatic hydroxyl groups excluding tert-OH is 1. The zero-order valence-electron chi connectivity index (χ0n) is 11.8. The van der Waals surface area contributed by atoms with Gasteiger partial charge in [-0.15, -0.1) is 6.58 Å². The van der Waals surface area contributed by atoms with E-state index in [1.807, 2.05) is 48.5 Å². The topological polar surface area (TPSA) is 49.3 Å². The molecule has 0 fully saturated rings. The number of benzene rings is 2. The van der Waals surface area contributed by atoms with Crippen LogP contribution >= 0.6 is 0 Å². The van der Waals surface area contributed by atoms with Gasteiger partial charge in [0.2, 0.25) is 5.91 Å². The van der Waals surface area contributed by atoms with Gasteiger partial charge in [-0.1, -0.05) is 48.5 Å². The number of allylic oxidation sites excluding steroid dienone is 1. The fraction of sp³-hybridized carbons (Fsp3) is 0.167. The van der Waals surface area contributed by atoms with Gasteiger partial charge in [0.05, 0.1) is 6.61 Å². The molecular weight excluding hydrogens is 262 g/mol. The number of hydrogen-bond acceptors (Lipinski definition) is 2. The van der Waals surface area contributed by atoms with Gasteiger partial charge in [0.1, 0.15) is 0 Å². The monoisotopic (exact) mass is 281 g/mol. The molecule has 2 aromatic rings. The van der Waals surface area contributed by atoms with Crippen LogP contribution in [0.3, 0.4) is 0 Å². The van der Waals surface area contributed by atoms with Crippen molar-refractivity contribution in [2.24, 2.45) is 0 Å². The van der Waals surface area contributed by atoms with E-state index in [9.17, 15) is 4.79 Å². The molecule has 0 aliphatic carbocycles. The number of carbonyl (C=O) groups is 1. The number of aliphatic hydroxyl groups is 1. The first kappa shape index (κ1) is 15.0. The van der Waals surface area contributed by atoms with E-state index in [1.54, 1.807) is 12.1 Å². The summed E-state index contributed by atoms with van der Waals surface area (Å²) in [6.45, 7) is 3.77. The lowest BCUT2D eigenvalue weighted by Gasteiger charge is -2.13. The third kappa shape index (κ3) is 4.29. The summed E-state index contributed by atoms with van der Waals surface area (Å²) in [5.41, 5.74) is 2.55. The largest absolute Gasteiger partial charge is 0.392 e. The van der Waals surface area contributed by atoms with Crippen molar-refractivity contribution in [1.82, 2.24) is 0 Å². The number of carbonyl (C=O) groups excluding carboxylic acids is 1. The van der Waals surface area contributed by atoms with E-state index < -0.39 is 0 Å². The summed E-state index contributed by atoms with van der Waals surface area (Å²) in [6.07, 6.45) is 2.13. The maximum absolute atomic E-state index is 12.1. The van der Waals surface area contributed by atoms with E-state index in [4.69, 9.17) is 5.11 Å². The maximum Gasteiger partial charge on any atom is 0.225 e. The molecule has 3 nitrogen and oxygen atoms in total. The summed E-state index contributed by atoms with van der Waals surface area (Å²) in [6, 6.07) is 17.0. The third-order valence-corrected chi connectivity index (χ3v) is 3.31. The van der Waals surface area contributed by atoms with Crippen molar-refractivity contribution in [2.75, 3.05) is 5.32 Å². The van der Waals surface area contributed by atoms with Crippen LogP contribution in [0.1, 0.15) is 23.5 Å². The highest BCUT2D eigenvalue weighted by Crippen LogP contribution is 2.21. The predicted molar refractivity (Wildman–Crippen MR) is 85.0 cm³/mol. The van der Waals surface area contributed by atoms with Crippen molar-refractivity contribution in [3.8, 4) is 0 Å². The van der Waals surface area contributed by atoms with E-state index in [1.165, 1.54) is 0 Å². The summed E-state index contributed by atoms with van der Waals surface area (Å²) in [5, 5.41) is 12.0. The van der Waals surface area contributed by atoms with Crippen LogP contribution in [0.4, 0.5) is 5.69 Å². The molecular formula is C18H19NO2. The van der Waals surface area contributed by atoms with Crippen molar-refractivity contribution in [2.45, 2.75) is 18.9 Å². The third-order valence-electron chi connectivity index (χ3n) is 3.31. The Balaban J connectivity index is 2.01. The number of hydrogen-bond donors (Lipinski definition) is 2. The molecule has 2 aromatic carbocycles. The number of anilines is 1. The molecule has 1 atom stereocenters.